The van der Waals surface area contributed by atoms with Crippen molar-refractivity contribution in [1.29, 1.82) is 0 Å². The van der Waals surface area contributed by atoms with Gasteiger partial charge in [-0.05, 0) is 12.3 Å². The molecule has 0 amide bonds. The lowest BCUT2D eigenvalue weighted by Gasteiger charge is -2.18. The van der Waals surface area contributed by atoms with Crippen molar-refractivity contribution in [2.75, 3.05) is 0 Å². The van der Waals surface area contributed by atoms with E-state index in [-0.39, 0.29) is 18.0 Å². The zero-order chi connectivity index (χ0) is 9.42. The molecule has 0 aromatic carbocycles. The summed E-state index contributed by atoms with van der Waals surface area (Å²) in [6.07, 6.45) is 4.23. The van der Waals surface area contributed by atoms with Gasteiger partial charge in [0.15, 0.2) is 0 Å². The van der Waals surface area contributed by atoms with E-state index in [4.69, 9.17) is 4.74 Å². The summed E-state index contributed by atoms with van der Waals surface area (Å²) in [5.41, 5.74) is 0. The Morgan fingerprint density at radius 3 is 3.08 bits per heavy atom. The van der Waals surface area contributed by atoms with Crippen LogP contribution in [0.25, 0.3) is 0 Å². The van der Waals surface area contributed by atoms with Gasteiger partial charge in [-0.1, -0.05) is 19.1 Å². The molecule has 1 aliphatic heterocycles. The lowest BCUT2D eigenvalue weighted by Crippen LogP contribution is -2.28. The zero-order valence-electron chi connectivity index (χ0n) is 7.64. The maximum absolute atomic E-state index is 11.0. The SMILES string of the molecule is C[C@H]1C=C[C@@H](O)[C@H]2OC(=O)C[C@H]2C1. The Bertz CT molecular complexity index is 247. The molecule has 3 nitrogen and oxygen atoms in total. The maximum Gasteiger partial charge on any atom is 0.306 e. The van der Waals surface area contributed by atoms with E-state index in [2.05, 4.69) is 6.92 Å². The van der Waals surface area contributed by atoms with Gasteiger partial charge >= 0.3 is 5.97 Å². The molecule has 0 saturated carbocycles. The van der Waals surface area contributed by atoms with Crippen LogP contribution < -0.4 is 0 Å². The largest absolute Gasteiger partial charge is 0.459 e. The van der Waals surface area contributed by atoms with Crippen molar-refractivity contribution in [2.45, 2.75) is 32.0 Å². The van der Waals surface area contributed by atoms with Crippen molar-refractivity contribution >= 4 is 5.97 Å². The van der Waals surface area contributed by atoms with E-state index < -0.39 is 6.10 Å². The van der Waals surface area contributed by atoms with Gasteiger partial charge in [0.25, 0.3) is 0 Å². The maximum atomic E-state index is 11.0. The molecule has 0 radical (unpaired) electrons. The highest BCUT2D eigenvalue weighted by atomic mass is 16.6. The Kier molecular flexibility index (Phi) is 2.12. The van der Waals surface area contributed by atoms with Crippen LogP contribution in [-0.2, 0) is 9.53 Å². The number of carbonyl (C=O) groups is 1. The third kappa shape index (κ3) is 1.61. The van der Waals surface area contributed by atoms with Gasteiger partial charge in [0.05, 0.1) is 6.42 Å². The summed E-state index contributed by atoms with van der Waals surface area (Å²) in [6, 6.07) is 0. The molecule has 1 aliphatic carbocycles. The highest BCUT2D eigenvalue weighted by Gasteiger charge is 2.40. The van der Waals surface area contributed by atoms with Gasteiger partial charge in [0.1, 0.15) is 12.2 Å². The second-order valence-electron chi connectivity index (χ2n) is 4.01. The second-order valence-corrected chi connectivity index (χ2v) is 4.01. The first-order valence-corrected chi connectivity index (χ1v) is 4.72. The molecule has 0 spiro atoms. The summed E-state index contributed by atoms with van der Waals surface area (Å²) in [7, 11) is 0. The van der Waals surface area contributed by atoms with Crippen molar-refractivity contribution in [2.24, 2.45) is 11.8 Å². The van der Waals surface area contributed by atoms with Crippen LogP contribution in [-0.4, -0.2) is 23.3 Å². The molecular weight excluding hydrogens is 168 g/mol. The molecule has 0 bridgehead atoms. The number of ether oxygens (including phenoxy) is 1. The van der Waals surface area contributed by atoms with Crippen LogP contribution in [0.4, 0.5) is 0 Å². The third-order valence-electron chi connectivity index (χ3n) is 2.81. The van der Waals surface area contributed by atoms with E-state index in [9.17, 15) is 9.90 Å². The van der Waals surface area contributed by atoms with Gasteiger partial charge in [0, 0.05) is 5.92 Å². The fourth-order valence-corrected chi connectivity index (χ4v) is 2.16. The molecule has 1 saturated heterocycles. The van der Waals surface area contributed by atoms with Crippen molar-refractivity contribution in [1.82, 2.24) is 0 Å². The average Bonchev–Trinajstić information content (AvgIpc) is 2.37. The fourth-order valence-electron chi connectivity index (χ4n) is 2.16. The Balaban J connectivity index is 2.17. The number of esters is 1. The lowest BCUT2D eigenvalue weighted by atomic mass is 9.91. The summed E-state index contributed by atoms with van der Waals surface area (Å²) in [5, 5.41) is 9.63. The topological polar surface area (TPSA) is 46.5 Å². The average molecular weight is 182 g/mol. The van der Waals surface area contributed by atoms with Crippen LogP contribution >= 0.6 is 0 Å². The van der Waals surface area contributed by atoms with Crippen molar-refractivity contribution in [3.05, 3.63) is 12.2 Å². The molecule has 0 aromatic heterocycles. The number of hydrogen-bond donors (Lipinski definition) is 1. The first kappa shape index (κ1) is 8.75. The first-order chi connectivity index (χ1) is 6.16. The number of rotatable bonds is 0. The number of allylic oxidation sites excluding steroid dienone is 1. The van der Waals surface area contributed by atoms with Gasteiger partial charge in [-0.25, -0.2) is 0 Å². The predicted octanol–water partition coefficient (Wildman–Crippen LogP) is 0.875. The van der Waals surface area contributed by atoms with Crippen LogP contribution in [0.15, 0.2) is 12.2 Å². The molecule has 4 atom stereocenters. The van der Waals surface area contributed by atoms with Crippen LogP contribution in [0, 0.1) is 11.8 Å². The highest BCUT2D eigenvalue weighted by molar-refractivity contribution is 5.72. The third-order valence-corrected chi connectivity index (χ3v) is 2.81. The molecule has 2 rings (SSSR count). The smallest absolute Gasteiger partial charge is 0.306 e. The van der Waals surface area contributed by atoms with Gasteiger partial charge in [-0.15, -0.1) is 0 Å². The number of aliphatic hydroxyl groups is 1. The molecule has 1 fully saturated rings. The molecule has 72 valence electrons. The van der Waals surface area contributed by atoms with Gasteiger partial charge in [-0.3, -0.25) is 4.79 Å². The normalized spacial score (nSPS) is 44.0. The lowest BCUT2D eigenvalue weighted by molar-refractivity contribution is -0.144. The second kappa shape index (κ2) is 3.14. The van der Waals surface area contributed by atoms with Crippen molar-refractivity contribution < 1.29 is 14.6 Å². The van der Waals surface area contributed by atoms with E-state index in [1.165, 1.54) is 0 Å². The Hall–Kier alpha value is -0.830. The minimum absolute atomic E-state index is 0.170. The fraction of sp³-hybridized carbons (Fsp3) is 0.700. The first-order valence-electron chi connectivity index (χ1n) is 4.72. The van der Waals surface area contributed by atoms with E-state index in [1.807, 2.05) is 6.08 Å². The van der Waals surface area contributed by atoms with Gasteiger partial charge < -0.3 is 9.84 Å². The highest BCUT2D eigenvalue weighted by Crippen LogP contribution is 2.33. The molecule has 0 unspecified atom stereocenters. The molecule has 3 heteroatoms. The zero-order valence-corrected chi connectivity index (χ0v) is 7.64. The van der Waals surface area contributed by atoms with Gasteiger partial charge in [0.2, 0.25) is 0 Å². The predicted molar refractivity (Wildman–Crippen MR) is 46.9 cm³/mol. The van der Waals surface area contributed by atoms with E-state index in [0.29, 0.717) is 12.3 Å². The van der Waals surface area contributed by atoms with E-state index in [1.54, 1.807) is 6.08 Å². The van der Waals surface area contributed by atoms with Gasteiger partial charge in [-0.2, -0.15) is 0 Å². The van der Waals surface area contributed by atoms with Crippen LogP contribution in [0.2, 0.25) is 0 Å². The van der Waals surface area contributed by atoms with Crippen molar-refractivity contribution in [3.8, 4) is 0 Å². The monoisotopic (exact) mass is 182 g/mol. The van der Waals surface area contributed by atoms with Crippen LogP contribution in [0.5, 0.6) is 0 Å². The number of hydrogen-bond acceptors (Lipinski definition) is 3. The number of carbonyl (C=O) groups excluding carboxylic acids is 1. The summed E-state index contributed by atoms with van der Waals surface area (Å²) >= 11 is 0. The molecular formula is C10H14O3. The molecule has 1 N–H and O–H groups in total. The minimum atomic E-state index is -0.610. The quantitative estimate of drug-likeness (QED) is 0.446. The summed E-state index contributed by atoms with van der Waals surface area (Å²) in [6.45, 7) is 2.09. The van der Waals surface area contributed by atoms with Crippen LogP contribution in [0.1, 0.15) is 19.8 Å². The van der Waals surface area contributed by atoms with E-state index in [0.717, 1.165) is 6.42 Å². The number of fused-ring (bicyclic) bond motifs is 1. The summed E-state index contributed by atoms with van der Waals surface area (Å²) in [4.78, 5) is 11.0. The molecule has 0 aromatic rings. The molecule has 1 heterocycles. The Morgan fingerprint density at radius 2 is 2.31 bits per heavy atom. The Labute approximate surface area is 77.4 Å². The molecule has 13 heavy (non-hydrogen) atoms. The minimum Gasteiger partial charge on any atom is -0.459 e. The Morgan fingerprint density at radius 1 is 1.54 bits per heavy atom. The summed E-state index contributed by atoms with van der Waals surface area (Å²) < 4.78 is 5.07. The van der Waals surface area contributed by atoms with Crippen molar-refractivity contribution in [3.63, 3.8) is 0 Å². The summed E-state index contributed by atoms with van der Waals surface area (Å²) in [5.74, 6) is 0.461. The number of aliphatic hydroxyl groups excluding tert-OH is 1. The molecule has 2 aliphatic rings. The van der Waals surface area contributed by atoms with Crippen LogP contribution in [0.3, 0.4) is 0 Å². The standard InChI is InChI=1S/C10H14O3/c1-6-2-3-8(11)10-7(4-6)5-9(12)13-10/h2-3,6-8,10-11H,4-5H2,1H3/t6-,7+,8+,10-/m0/s1. The van der Waals surface area contributed by atoms with E-state index >= 15 is 0 Å².